The minimum absolute atomic E-state index is 0.0924. The monoisotopic (exact) mass is 447 g/mol. The van der Waals surface area contributed by atoms with Gasteiger partial charge in [-0.05, 0) is 60.7 Å². The zero-order valence-corrected chi connectivity index (χ0v) is 18.2. The maximum atomic E-state index is 13.2. The first-order valence-corrected chi connectivity index (χ1v) is 10.9. The van der Waals surface area contributed by atoms with Gasteiger partial charge in [0.25, 0.3) is 11.8 Å². The zero-order valence-electron chi connectivity index (χ0n) is 18.2. The molecule has 1 fully saturated rings. The molecule has 33 heavy (non-hydrogen) atoms. The molecule has 1 saturated heterocycles. The van der Waals surface area contributed by atoms with Crippen molar-refractivity contribution in [2.45, 2.75) is 0 Å². The van der Waals surface area contributed by atoms with Gasteiger partial charge in [-0.1, -0.05) is 0 Å². The Morgan fingerprint density at radius 3 is 2.24 bits per heavy atom. The normalized spacial score (nSPS) is 14.2. The van der Waals surface area contributed by atoms with E-state index in [0.29, 0.717) is 56.1 Å². The Kier molecular flexibility index (Phi) is 6.95. The zero-order chi connectivity index (χ0) is 23.2. The number of hydrogen-bond donors (Lipinski definition) is 1. The summed E-state index contributed by atoms with van der Waals surface area (Å²) < 4.78 is 13.1. The quantitative estimate of drug-likeness (QED) is 0.588. The summed E-state index contributed by atoms with van der Waals surface area (Å²) in [5.41, 5.74) is 8.14. The van der Waals surface area contributed by atoms with E-state index in [-0.39, 0.29) is 17.6 Å². The number of piperazine rings is 1. The van der Waals surface area contributed by atoms with Crippen molar-refractivity contribution in [3.63, 3.8) is 0 Å². The smallest absolute Gasteiger partial charge is 0.258 e. The average molecular weight is 448 g/mol. The maximum Gasteiger partial charge on any atom is 0.258 e. The molecule has 0 radical (unpaired) electrons. The molecule has 170 valence electrons. The molecule has 8 heteroatoms. The van der Waals surface area contributed by atoms with Gasteiger partial charge in [0.15, 0.2) is 0 Å². The van der Waals surface area contributed by atoms with Gasteiger partial charge >= 0.3 is 0 Å². The van der Waals surface area contributed by atoms with Gasteiger partial charge in [-0.3, -0.25) is 19.5 Å². The number of pyridine rings is 1. The summed E-state index contributed by atoms with van der Waals surface area (Å²) >= 11 is 0. The van der Waals surface area contributed by atoms with Crippen molar-refractivity contribution in [1.29, 1.82) is 0 Å². The molecule has 2 amide bonds. The van der Waals surface area contributed by atoms with Gasteiger partial charge < -0.3 is 15.5 Å². The minimum Gasteiger partial charge on any atom is -0.399 e. The third-order valence-corrected chi connectivity index (χ3v) is 5.75. The van der Waals surface area contributed by atoms with Crippen LogP contribution >= 0.6 is 0 Å². The molecular formula is C25H26FN5O2. The van der Waals surface area contributed by atoms with Crippen LogP contribution in [-0.2, 0) is 0 Å². The Bertz CT molecular complexity index is 1080. The van der Waals surface area contributed by atoms with Crippen LogP contribution in [-0.4, -0.2) is 65.9 Å². The first kappa shape index (κ1) is 22.4. The molecule has 0 saturated carbocycles. The largest absolute Gasteiger partial charge is 0.399 e. The number of anilines is 2. The number of nitrogen functional groups attached to an aromatic ring is 1. The van der Waals surface area contributed by atoms with E-state index < -0.39 is 0 Å². The summed E-state index contributed by atoms with van der Waals surface area (Å²) in [7, 11) is 0. The summed E-state index contributed by atoms with van der Waals surface area (Å²) in [6, 6.07) is 16.2. The molecule has 0 spiro atoms. The van der Waals surface area contributed by atoms with E-state index in [0.717, 1.165) is 5.69 Å². The van der Waals surface area contributed by atoms with E-state index in [9.17, 15) is 14.0 Å². The lowest BCUT2D eigenvalue weighted by atomic mass is 10.1. The Balaban J connectivity index is 1.37. The van der Waals surface area contributed by atoms with Gasteiger partial charge in [0.05, 0.1) is 11.9 Å². The number of benzene rings is 2. The highest BCUT2D eigenvalue weighted by molar-refractivity contribution is 6.06. The van der Waals surface area contributed by atoms with E-state index in [1.54, 1.807) is 52.5 Å². The number of halogens is 1. The van der Waals surface area contributed by atoms with Crippen LogP contribution in [0.3, 0.4) is 0 Å². The van der Waals surface area contributed by atoms with Crippen molar-refractivity contribution in [3.05, 3.63) is 90.0 Å². The predicted molar refractivity (Wildman–Crippen MR) is 126 cm³/mol. The molecule has 3 aromatic rings. The van der Waals surface area contributed by atoms with E-state index in [1.165, 1.54) is 24.3 Å². The summed E-state index contributed by atoms with van der Waals surface area (Å²) in [5.74, 6) is -0.568. The number of hydrogen-bond acceptors (Lipinski definition) is 5. The third-order valence-electron chi connectivity index (χ3n) is 5.75. The summed E-state index contributed by atoms with van der Waals surface area (Å²) in [5, 5.41) is 0. The van der Waals surface area contributed by atoms with Crippen LogP contribution in [0.1, 0.15) is 20.7 Å². The standard InChI is InChI=1S/C25H26FN5O2/c26-21-7-3-19(4-8-21)24(32)30-15-12-29(13-16-30)14-17-31(23-2-1-11-28-18-23)25(33)20-5-9-22(27)10-6-20/h1-11,18H,12-17,27H2. The van der Waals surface area contributed by atoms with Gasteiger partial charge in [0.1, 0.15) is 5.82 Å². The number of rotatable bonds is 6. The van der Waals surface area contributed by atoms with Crippen LogP contribution in [0.4, 0.5) is 15.8 Å². The van der Waals surface area contributed by atoms with E-state index in [4.69, 9.17) is 5.73 Å². The molecule has 2 aromatic carbocycles. The Morgan fingerprint density at radius 1 is 0.939 bits per heavy atom. The number of aromatic nitrogens is 1. The lowest BCUT2D eigenvalue weighted by Crippen LogP contribution is -2.50. The van der Waals surface area contributed by atoms with Gasteiger partial charge in [-0.15, -0.1) is 0 Å². The highest BCUT2D eigenvalue weighted by Gasteiger charge is 2.24. The molecule has 0 aliphatic carbocycles. The molecule has 1 aromatic heterocycles. The molecule has 7 nitrogen and oxygen atoms in total. The number of amides is 2. The topological polar surface area (TPSA) is 82.8 Å². The average Bonchev–Trinajstić information content (AvgIpc) is 2.85. The van der Waals surface area contributed by atoms with Crippen molar-refractivity contribution in [2.75, 3.05) is 49.9 Å². The van der Waals surface area contributed by atoms with Crippen molar-refractivity contribution in [1.82, 2.24) is 14.8 Å². The van der Waals surface area contributed by atoms with E-state index in [1.807, 2.05) is 6.07 Å². The Morgan fingerprint density at radius 2 is 1.61 bits per heavy atom. The Labute approximate surface area is 192 Å². The third kappa shape index (κ3) is 5.53. The van der Waals surface area contributed by atoms with Crippen LogP contribution in [0.25, 0.3) is 0 Å². The maximum absolute atomic E-state index is 13.2. The first-order chi connectivity index (χ1) is 16.0. The molecular weight excluding hydrogens is 421 g/mol. The predicted octanol–water partition coefficient (Wildman–Crippen LogP) is 2.91. The van der Waals surface area contributed by atoms with Gasteiger partial charge in [0.2, 0.25) is 0 Å². The van der Waals surface area contributed by atoms with Gasteiger partial charge in [-0.2, -0.15) is 0 Å². The van der Waals surface area contributed by atoms with Gasteiger partial charge in [-0.25, -0.2) is 4.39 Å². The fraction of sp³-hybridized carbons (Fsp3) is 0.240. The van der Waals surface area contributed by atoms with Crippen LogP contribution < -0.4 is 10.6 Å². The summed E-state index contributed by atoms with van der Waals surface area (Å²) in [6.07, 6.45) is 3.35. The van der Waals surface area contributed by atoms with E-state index in [2.05, 4.69) is 9.88 Å². The summed E-state index contributed by atoms with van der Waals surface area (Å²) in [6.45, 7) is 3.70. The lowest BCUT2D eigenvalue weighted by Gasteiger charge is -2.36. The molecule has 2 heterocycles. The molecule has 0 bridgehead atoms. The van der Waals surface area contributed by atoms with Gasteiger partial charge in [0, 0.05) is 62.3 Å². The van der Waals surface area contributed by atoms with Crippen LogP contribution in [0.5, 0.6) is 0 Å². The fourth-order valence-electron chi connectivity index (χ4n) is 3.83. The second-order valence-corrected chi connectivity index (χ2v) is 7.93. The van der Waals surface area contributed by atoms with Crippen LogP contribution in [0.2, 0.25) is 0 Å². The first-order valence-electron chi connectivity index (χ1n) is 10.9. The second kappa shape index (κ2) is 10.2. The van der Waals surface area contributed by atoms with Crippen molar-refractivity contribution in [2.24, 2.45) is 0 Å². The minimum atomic E-state index is -0.358. The van der Waals surface area contributed by atoms with Crippen molar-refractivity contribution in [3.8, 4) is 0 Å². The molecule has 1 aliphatic rings. The SMILES string of the molecule is Nc1ccc(C(=O)N(CCN2CCN(C(=O)c3ccc(F)cc3)CC2)c2cccnc2)cc1. The molecule has 0 unspecified atom stereocenters. The van der Waals surface area contributed by atoms with Crippen LogP contribution in [0, 0.1) is 5.82 Å². The molecule has 0 atom stereocenters. The number of carbonyl (C=O) groups is 2. The summed E-state index contributed by atoms with van der Waals surface area (Å²) in [4.78, 5) is 35.8. The molecule has 2 N–H and O–H groups in total. The fourth-order valence-corrected chi connectivity index (χ4v) is 3.83. The number of nitrogens with zero attached hydrogens (tertiary/aromatic N) is 4. The van der Waals surface area contributed by atoms with Crippen LogP contribution in [0.15, 0.2) is 73.1 Å². The van der Waals surface area contributed by atoms with Crippen molar-refractivity contribution >= 4 is 23.2 Å². The molecule has 1 aliphatic heterocycles. The number of nitrogens with two attached hydrogens (primary N) is 1. The highest BCUT2D eigenvalue weighted by atomic mass is 19.1. The Hall–Kier alpha value is -3.78. The molecule has 4 rings (SSSR count). The van der Waals surface area contributed by atoms with Crippen molar-refractivity contribution < 1.29 is 14.0 Å². The number of carbonyl (C=O) groups excluding carboxylic acids is 2. The lowest BCUT2D eigenvalue weighted by molar-refractivity contribution is 0.0640. The highest BCUT2D eigenvalue weighted by Crippen LogP contribution is 2.17. The van der Waals surface area contributed by atoms with E-state index >= 15 is 0 Å². The second-order valence-electron chi connectivity index (χ2n) is 7.93.